The van der Waals surface area contributed by atoms with E-state index < -0.39 is 12.1 Å². The summed E-state index contributed by atoms with van der Waals surface area (Å²) in [6.07, 6.45) is -3.55. The molecular formula is C10H16F3N3. The molecule has 0 aromatic heterocycles. The molecule has 2 unspecified atom stereocenters. The Labute approximate surface area is 93.4 Å². The summed E-state index contributed by atoms with van der Waals surface area (Å²) in [5, 5.41) is 8.49. The van der Waals surface area contributed by atoms with E-state index >= 15 is 0 Å². The predicted molar refractivity (Wildman–Crippen MR) is 53.7 cm³/mol. The van der Waals surface area contributed by atoms with Crippen molar-refractivity contribution in [3.63, 3.8) is 0 Å². The zero-order valence-corrected chi connectivity index (χ0v) is 9.46. The first-order chi connectivity index (χ1) is 7.34. The second kappa shape index (κ2) is 5.02. The van der Waals surface area contributed by atoms with Crippen molar-refractivity contribution < 1.29 is 13.2 Å². The Hall–Kier alpha value is -0.800. The predicted octanol–water partition coefficient (Wildman–Crippen LogP) is 1.32. The molecule has 0 spiro atoms. The van der Waals surface area contributed by atoms with E-state index in [1.807, 2.05) is 19.0 Å². The third-order valence-electron chi connectivity index (χ3n) is 2.97. The number of rotatable bonds is 3. The smallest absolute Gasteiger partial charge is 0.305 e. The lowest BCUT2D eigenvalue weighted by molar-refractivity contribution is -0.162. The second-order valence-corrected chi connectivity index (χ2v) is 4.39. The van der Waals surface area contributed by atoms with E-state index in [-0.39, 0.29) is 6.54 Å². The highest BCUT2D eigenvalue weighted by atomic mass is 19.4. The minimum Gasteiger partial charge on any atom is -0.305 e. The maximum atomic E-state index is 12.4. The van der Waals surface area contributed by atoms with Gasteiger partial charge in [-0.05, 0) is 27.1 Å². The van der Waals surface area contributed by atoms with E-state index in [9.17, 15) is 13.2 Å². The fourth-order valence-corrected chi connectivity index (χ4v) is 1.88. The molecule has 0 radical (unpaired) electrons. The van der Waals surface area contributed by atoms with Gasteiger partial charge in [0.1, 0.15) is 0 Å². The molecule has 6 heteroatoms. The molecule has 0 aliphatic carbocycles. The van der Waals surface area contributed by atoms with Crippen LogP contribution in [0, 0.1) is 17.2 Å². The van der Waals surface area contributed by atoms with Crippen molar-refractivity contribution >= 4 is 0 Å². The van der Waals surface area contributed by atoms with Crippen molar-refractivity contribution in [3.05, 3.63) is 0 Å². The maximum absolute atomic E-state index is 12.4. The van der Waals surface area contributed by atoms with Crippen LogP contribution in [0.25, 0.3) is 0 Å². The molecule has 0 aromatic carbocycles. The van der Waals surface area contributed by atoms with Crippen LogP contribution in [0.2, 0.25) is 0 Å². The minimum absolute atomic E-state index is 0.204. The summed E-state index contributed by atoms with van der Waals surface area (Å²) in [5.41, 5.74) is 0. The van der Waals surface area contributed by atoms with Crippen LogP contribution in [0.5, 0.6) is 0 Å². The van der Waals surface area contributed by atoms with Gasteiger partial charge in [0.15, 0.2) is 5.92 Å². The summed E-state index contributed by atoms with van der Waals surface area (Å²) in [4.78, 5) is 3.72. The highest BCUT2D eigenvalue weighted by molar-refractivity contribution is 4.93. The molecule has 92 valence electrons. The molecule has 0 saturated carbocycles. The molecule has 0 amide bonds. The zero-order valence-electron chi connectivity index (χ0n) is 9.46. The van der Waals surface area contributed by atoms with Crippen LogP contribution in [-0.4, -0.2) is 55.7 Å². The van der Waals surface area contributed by atoms with E-state index in [0.29, 0.717) is 19.1 Å². The van der Waals surface area contributed by atoms with Crippen molar-refractivity contribution in [1.82, 2.24) is 9.80 Å². The molecule has 2 atom stereocenters. The minimum atomic E-state index is -4.41. The van der Waals surface area contributed by atoms with Crippen molar-refractivity contribution in [3.8, 4) is 6.07 Å². The van der Waals surface area contributed by atoms with Crippen LogP contribution in [0.1, 0.15) is 6.42 Å². The SMILES string of the molecule is CN(C)C1CCN(CC(C#N)C(F)(F)F)C1. The summed E-state index contributed by atoms with van der Waals surface area (Å²) in [6, 6.07) is 1.63. The third kappa shape index (κ3) is 3.35. The Morgan fingerprint density at radius 2 is 2.12 bits per heavy atom. The molecule has 1 saturated heterocycles. The Morgan fingerprint density at radius 3 is 2.50 bits per heavy atom. The van der Waals surface area contributed by atoms with Gasteiger partial charge in [-0.3, -0.25) is 0 Å². The number of hydrogen-bond acceptors (Lipinski definition) is 3. The van der Waals surface area contributed by atoms with Crippen LogP contribution in [-0.2, 0) is 0 Å². The fraction of sp³-hybridized carbons (Fsp3) is 0.900. The molecule has 1 heterocycles. The molecule has 1 aliphatic heterocycles. The standard InChI is InChI=1S/C10H16F3N3/c1-15(2)9-3-4-16(7-9)6-8(5-14)10(11,12)13/h8-9H,3-4,6-7H2,1-2H3. The van der Waals surface area contributed by atoms with Crippen LogP contribution in [0.15, 0.2) is 0 Å². The molecule has 0 N–H and O–H groups in total. The summed E-state index contributed by atoms with van der Waals surface area (Å²) < 4.78 is 37.1. The molecule has 1 rings (SSSR count). The number of nitriles is 1. The molecule has 0 bridgehead atoms. The highest BCUT2D eigenvalue weighted by Gasteiger charge is 2.41. The number of alkyl halides is 3. The molecular weight excluding hydrogens is 219 g/mol. The van der Waals surface area contributed by atoms with Gasteiger partial charge in [-0.25, -0.2) is 0 Å². The van der Waals surface area contributed by atoms with Gasteiger partial charge in [-0.15, -0.1) is 0 Å². The van der Waals surface area contributed by atoms with Crippen LogP contribution >= 0.6 is 0 Å². The largest absolute Gasteiger partial charge is 0.405 e. The van der Waals surface area contributed by atoms with Gasteiger partial charge in [0, 0.05) is 19.1 Å². The van der Waals surface area contributed by atoms with E-state index in [0.717, 1.165) is 6.42 Å². The van der Waals surface area contributed by atoms with E-state index in [1.54, 1.807) is 4.90 Å². The van der Waals surface area contributed by atoms with Gasteiger partial charge in [0.25, 0.3) is 0 Å². The maximum Gasteiger partial charge on any atom is 0.405 e. The Bertz CT molecular complexity index is 269. The van der Waals surface area contributed by atoms with Gasteiger partial charge in [0.05, 0.1) is 6.07 Å². The normalized spacial score (nSPS) is 24.7. The number of likely N-dealkylation sites (tertiary alicyclic amines) is 1. The van der Waals surface area contributed by atoms with Crippen LogP contribution in [0.3, 0.4) is 0 Å². The fourth-order valence-electron chi connectivity index (χ4n) is 1.88. The first-order valence-corrected chi connectivity index (χ1v) is 5.19. The van der Waals surface area contributed by atoms with Crippen LogP contribution in [0.4, 0.5) is 13.2 Å². The lowest BCUT2D eigenvalue weighted by Gasteiger charge is -2.22. The molecule has 3 nitrogen and oxygen atoms in total. The third-order valence-corrected chi connectivity index (χ3v) is 2.97. The zero-order chi connectivity index (χ0) is 12.3. The second-order valence-electron chi connectivity index (χ2n) is 4.39. The van der Waals surface area contributed by atoms with Gasteiger partial charge in [-0.1, -0.05) is 0 Å². The number of hydrogen-bond donors (Lipinski definition) is 0. The monoisotopic (exact) mass is 235 g/mol. The van der Waals surface area contributed by atoms with Crippen molar-refractivity contribution in [2.24, 2.45) is 5.92 Å². The van der Waals surface area contributed by atoms with Gasteiger partial charge < -0.3 is 9.80 Å². The van der Waals surface area contributed by atoms with E-state index in [4.69, 9.17) is 5.26 Å². The first-order valence-electron chi connectivity index (χ1n) is 5.19. The summed E-state index contributed by atoms with van der Waals surface area (Å²) in [5.74, 6) is -1.87. The van der Waals surface area contributed by atoms with Crippen molar-refractivity contribution in [2.75, 3.05) is 33.7 Å². The topological polar surface area (TPSA) is 30.3 Å². The molecule has 16 heavy (non-hydrogen) atoms. The van der Waals surface area contributed by atoms with Crippen molar-refractivity contribution in [1.29, 1.82) is 5.26 Å². The van der Waals surface area contributed by atoms with E-state index in [1.165, 1.54) is 6.07 Å². The average molecular weight is 235 g/mol. The van der Waals surface area contributed by atoms with Gasteiger partial charge in [-0.2, -0.15) is 18.4 Å². The van der Waals surface area contributed by atoms with Gasteiger partial charge in [0.2, 0.25) is 0 Å². The Kier molecular flexibility index (Phi) is 4.16. The van der Waals surface area contributed by atoms with Gasteiger partial charge >= 0.3 is 6.18 Å². The quantitative estimate of drug-likeness (QED) is 0.739. The molecule has 0 aromatic rings. The first kappa shape index (κ1) is 13.3. The molecule has 1 aliphatic rings. The number of likely N-dealkylation sites (N-methyl/N-ethyl adjacent to an activating group) is 1. The van der Waals surface area contributed by atoms with Crippen molar-refractivity contribution in [2.45, 2.75) is 18.6 Å². The summed E-state index contributed by atoms with van der Waals surface area (Å²) >= 11 is 0. The lowest BCUT2D eigenvalue weighted by atomic mass is 10.1. The summed E-state index contributed by atoms with van der Waals surface area (Å²) in [7, 11) is 3.83. The highest BCUT2D eigenvalue weighted by Crippen LogP contribution is 2.27. The Morgan fingerprint density at radius 1 is 1.50 bits per heavy atom. The average Bonchev–Trinajstić information content (AvgIpc) is 2.60. The lowest BCUT2D eigenvalue weighted by Crippen LogP contribution is -2.37. The summed E-state index contributed by atoms with van der Waals surface area (Å²) in [6.45, 7) is 1.04. The number of nitrogens with zero attached hydrogens (tertiary/aromatic N) is 3. The molecule has 1 fully saturated rings. The Balaban J connectivity index is 2.48. The number of halogens is 3. The van der Waals surface area contributed by atoms with Crippen LogP contribution < -0.4 is 0 Å². The van der Waals surface area contributed by atoms with E-state index in [2.05, 4.69) is 0 Å².